The van der Waals surface area contributed by atoms with E-state index in [4.69, 9.17) is 0 Å². The fourth-order valence-corrected chi connectivity index (χ4v) is 4.11. The van der Waals surface area contributed by atoms with Crippen LogP contribution in [0.1, 0.15) is 51.9 Å². The first-order chi connectivity index (χ1) is 8.57. The molecule has 1 rings (SSSR count). The first-order valence-electron chi connectivity index (χ1n) is 7.22. The van der Waals surface area contributed by atoms with Crippen molar-refractivity contribution in [2.75, 3.05) is 19.3 Å². The second-order valence-corrected chi connectivity index (χ2v) is 7.27. The molecular formula is C13H28N2O2S. The highest BCUT2D eigenvalue weighted by Crippen LogP contribution is 2.27. The Hall–Kier alpha value is -0.130. The van der Waals surface area contributed by atoms with Crippen LogP contribution in [0.3, 0.4) is 0 Å². The summed E-state index contributed by atoms with van der Waals surface area (Å²) in [4.78, 5) is 0. The molecule has 0 aromatic rings. The highest BCUT2D eigenvalue weighted by Gasteiger charge is 2.23. The van der Waals surface area contributed by atoms with Crippen molar-refractivity contribution >= 4 is 10.0 Å². The normalized spacial score (nSPS) is 25.2. The number of sulfonamides is 1. The SMILES string of the molecule is CCCC1CCC(NS(=O)(=O)CCCNC)CC1. The minimum atomic E-state index is -3.07. The smallest absolute Gasteiger partial charge is 0.211 e. The Morgan fingerprint density at radius 1 is 1.17 bits per heavy atom. The molecule has 0 saturated heterocycles. The number of nitrogens with one attached hydrogen (secondary N) is 2. The summed E-state index contributed by atoms with van der Waals surface area (Å²) in [5.41, 5.74) is 0. The number of hydrogen-bond acceptors (Lipinski definition) is 3. The summed E-state index contributed by atoms with van der Waals surface area (Å²) < 4.78 is 26.5. The monoisotopic (exact) mass is 276 g/mol. The van der Waals surface area contributed by atoms with Gasteiger partial charge in [0, 0.05) is 6.04 Å². The van der Waals surface area contributed by atoms with Gasteiger partial charge in [0.15, 0.2) is 0 Å². The third-order valence-corrected chi connectivity index (χ3v) is 5.25. The van der Waals surface area contributed by atoms with Crippen molar-refractivity contribution < 1.29 is 8.42 Å². The first-order valence-corrected chi connectivity index (χ1v) is 8.87. The maximum atomic E-state index is 11.8. The van der Waals surface area contributed by atoms with Gasteiger partial charge in [0.25, 0.3) is 0 Å². The van der Waals surface area contributed by atoms with Crippen molar-refractivity contribution in [3.05, 3.63) is 0 Å². The summed E-state index contributed by atoms with van der Waals surface area (Å²) >= 11 is 0. The van der Waals surface area contributed by atoms with Gasteiger partial charge in [0.05, 0.1) is 5.75 Å². The van der Waals surface area contributed by atoms with Gasteiger partial charge in [-0.15, -0.1) is 0 Å². The molecule has 0 radical (unpaired) electrons. The maximum absolute atomic E-state index is 11.8. The summed E-state index contributed by atoms with van der Waals surface area (Å²) in [5.74, 6) is 1.06. The quantitative estimate of drug-likeness (QED) is 0.665. The molecule has 0 bridgehead atoms. The average Bonchev–Trinajstić information content (AvgIpc) is 2.32. The summed E-state index contributed by atoms with van der Waals surface area (Å²) in [6, 6.07) is 0.178. The molecule has 1 fully saturated rings. The van der Waals surface area contributed by atoms with Gasteiger partial charge in [-0.2, -0.15) is 0 Å². The van der Waals surface area contributed by atoms with Gasteiger partial charge in [-0.3, -0.25) is 0 Å². The van der Waals surface area contributed by atoms with E-state index < -0.39 is 10.0 Å². The van der Waals surface area contributed by atoms with Crippen LogP contribution in [0.25, 0.3) is 0 Å². The third-order valence-electron chi connectivity index (χ3n) is 3.73. The summed E-state index contributed by atoms with van der Waals surface area (Å²) in [6.07, 6.45) is 7.59. The predicted octanol–water partition coefficient (Wildman–Crippen LogP) is 1.87. The Bertz CT molecular complexity index is 309. The zero-order valence-electron chi connectivity index (χ0n) is 11.7. The van der Waals surface area contributed by atoms with Crippen LogP contribution >= 0.6 is 0 Å². The molecule has 2 N–H and O–H groups in total. The Kier molecular flexibility index (Phi) is 7.19. The van der Waals surface area contributed by atoms with Crippen molar-refractivity contribution in [1.29, 1.82) is 0 Å². The second-order valence-electron chi connectivity index (χ2n) is 5.40. The standard InChI is InChI=1S/C13H28N2O2S/c1-3-5-12-6-8-13(9-7-12)15-18(16,17)11-4-10-14-2/h12-15H,3-11H2,1-2H3. The van der Waals surface area contributed by atoms with Crippen LogP contribution < -0.4 is 10.0 Å². The number of rotatable bonds is 8. The van der Waals surface area contributed by atoms with Crippen LogP contribution in [0.2, 0.25) is 0 Å². The molecule has 0 atom stereocenters. The molecular weight excluding hydrogens is 248 g/mol. The van der Waals surface area contributed by atoms with Crippen LogP contribution in [-0.2, 0) is 10.0 Å². The summed E-state index contributed by atoms with van der Waals surface area (Å²) in [5, 5.41) is 2.97. The first kappa shape index (κ1) is 15.9. The van der Waals surface area contributed by atoms with Crippen LogP contribution in [-0.4, -0.2) is 33.8 Å². The molecule has 0 spiro atoms. The van der Waals surface area contributed by atoms with Crippen LogP contribution in [0.15, 0.2) is 0 Å². The third kappa shape index (κ3) is 6.16. The molecule has 0 aromatic heterocycles. The molecule has 0 aliphatic heterocycles. The highest BCUT2D eigenvalue weighted by molar-refractivity contribution is 7.89. The molecule has 108 valence electrons. The van der Waals surface area contributed by atoms with E-state index in [1.807, 2.05) is 7.05 Å². The molecule has 0 heterocycles. The molecule has 0 aromatic carbocycles. The van der Waals surface area contributed by atoms with Crippen molar-refractivity contribution in [2.24, 2.45) is 5.92 Å². The topological polar surface area (TPSA) is 58.2 Å². The lowest BCUT2D eigenvalue weighted by Crippen LogP contribution is -2.39. The fraction of sp³-hybridized carbons (Fsp3) is 1.00. The van der Waals surface area contributed by atoms with E-state index in [1.54, 1.807) is 0 Å². The summed E-state index contributed by atoms with van der Waals surface area (Å²) in [7, 11) is -1.23. The zero-order valence-corrected chi connectivity index (χ0v) is 12.6. The van der Waals surface area contributed by atoms with Crippen molar-refractivity contribution in [3.8, 4) is 0 Å². The van der Waals surface area contributed by atoms with Crippen LogP contribution in [0.5, 0.6) is 0 Å². The van der Waals surface area contributed by atoms with E-state index in [0.717, 1.165) is 25.3 Å². The van der Waals surface area contributed by atoms with Crippen molar-refractivity contribution in [1.82, 2.24) is 10.0 Å². The van der Waals surface area contributed by atoms with E-state index in [-0.39, 0.29) is 11.8 Å². The Balaban J connectivity index is 2.27. The number of hydrogen-bond donors (Lipinski definition) is 2. The largest absolute Gasteiger partial charge is 0.320 e. The average molecular weight is 276 g/mol. The predicted molar refractivity (Wildman–Crippen MR) is 76.1 cm³/mol. The molecule has 0 amide bonds. The second kappa shape index (κ2) is 8.12. The molecule has 5 heteroatoms. The van der Waals surface area contributed by atoms with Gasteiger partial charge >= 0.3 is 0 Å². The van der Waals surface area contributed by atoms with E-state index in [2.05, 4.69) is 17.0 Å². The zero-order chi connectivity index (χ0) is 13.4. The van der Waals surface area contributed by atoms with Crippen LogP contribution in [0.4, 0.5) is 0 Å². The van der Waals surface area contributed by atoms with Gasteiger partial charge in [0.2, 0.25) is 10.0 Å². The molecule has 1 aliphatic rings. The lowest BCUT2D eigenvalue weighted by Gasteiger charge is -2.28. The van der Waals surface area contributed by atoms with E-state index in [1.165, 1.54) is 25.7 Å². The van der Waals surface area contributed by atoms with Crippen molar-refractivity contribution in [3.63, 3.8) is 0 Å². The van der Waals surface area contributed by atoms with Gasteiger partial charge < -0.3 is 5.32 Å². The molecule has 18 heavy (non-hydrogen) atoms. The Morgan fingerprint density at radius 3 is 2.39 bits per heavy atom. The van der Waals surface area contributed by atoms with E-state index >= 15 is 0 Å². The lowest BCUT2D eigenvalue weighted by atomic mass is 9.84. The van der Waals surface area contributed by atoms with Crippen molar-refractivity contribution in [2.45, 2.75) is 57.9 Å². The van der Waals surface area contributed by atoms with E-state index in [9.17, 15) is 8.42 Å². The maximum Gasteiger partial charge on any atom is 0.211 e. The minimum Gasteiger partial charge on any atom is -0.320 e. The summed E-state index contributed by atoms with van der Waals surface area (Å²) in [6.45, 7) is 2.97. The van der Waals surface area contributed by atoms with Gasteiger partial charge in [-0.05, 0) is 51.6 Å². The highest BCUT2D eigenvalue weighted by atomic mass is 32.2. The lowest BCUT2D eigenvalue weighted by molar-refractivity contribution is 0.297. The van der Waals surface area contributed by atoms with Crippen LogP contribution in [0, 0.1) is 5.92 Å². The molecule has 0 unspecified atom stereocenters. The van der Waals surface area contributed by atoms with Gasteiger partial charge in [-0.1, -0.05) is 19.8 Å². The van der Waals surface area contributed by atoms with E-state index in [0.29, 0.717) is 6.42 Å². The van der Waals surface area contributed by atoms with Gasteiger partial charge in [0.1, 0.15) is 0 Å². The minimum absolute atomic E-state index is 0.178. The molecule has 1 aliphatic carbocycles. The van der Waals surface area contributed by atoms with Gasteiger partial charge in [-0.25, -0.2) is 13.1 Å². The molecule has 4 nitrogen and oxygen atoms in total. The Labute approximate surface area is 112 Å². The molecule has 1 saturated carbocycles. The Morgan fingerprint density at radius 2 is 1.83 bits per heavy atom. The fourth-order valence-electron chi connectivity index (χ4n) is 2.73.